The molecule has 0 fully saturated rings. The molecule has 1 aromatic heterocycles. The molecule has 2 amide bonds. The number of para-hydroxylation sites is 1. The summed E-state index contributed by atoms with van der Waals surface area (Å²) in [5, 5.41) is 0.695. The first-order valence-corrected chi connectivity index (χ1v) is 7.59. The molecule has 134 valence electrons. The highest BCUT2D eigenvalue weighted by molar-refractivity contribution is 6.08. The van der Waals surface area contributed by atoms with Gasteiger partial charge >= 0.3 is 6.18 Å². The van der Waals surface area contributed by atoms with Crippen molar-refractivity contribution in [2.24, 2.45) is 7.05 Å². The number of carbonyl (C=O) groups is 2. The Morgan fingerprint density at radius 3 is 2.38 bits per heavy atom. The zero-order valence-electron chi connectivity index (χ0n) is 13.6. The monoisotopic (exact) mass is 361 g/mol. The quantitative estimate of drug-likeness (QED) is 0.688. The smallest absolute Gasteiger partial charge is 0.350 e. The summed E-state index contributed by atoms with van der Waals surface area (Å²) >= 11 is 0. The summed E-state index contributed by atoms with van der Waals surface area (Å²) in [6.07, 6.45) is -2.95. The third-order valence-electron chi connectivity index (χ3n) is 3.88. The van der Waals surface area contributed by atoms with Gasteiger partial charge in [0.2, 0.25) is 0 Å². The molecule has 0 unspecified atom stereocenters. The molecular weight excluding hydrogens is 347 g/mol. The minimum Gasteiger partial charge on any atom is -0.350 e. The highest BCUT2D eigenvalue weighted by atomic mass is 19.4. The van der Waals surface area contributed by atoms with Gasteiger partial charge in [-0.05, 0) is 24.3 Å². The summed E-state index contributed by atoms with van der Waals surface area (Å²) < 4.78 is 39.9. The maximum Gasteiger partial charge on any atom is 0.416 e. The molecule has 0 saturated carbocycles. The Morgan fingerprint density at radius 2 is 1.65 bits per heavy atom. The number of amides is 2. The number of hydrogen-bond acceptors (Lipinski definition) is 2. The first-order valence-electron chi connectivity index (χ1n) is 7.59. The Kier molecular flexibility index (Phi) is 4.41. The fourth-order valence-electron chi connectivity index (χ4n) is 2.61. The molecule has 2 aromatic carbocycles. The molecule has 0 aliphatic rings. The number of fused-ring (bicyclic) bond motifs is 1. The topological polar surface area (TPSA) is 63.1 Å². The number of nitrogens with one attached hydrogen (secondary N) is 2. The van der Waals surface area contributed by atoms with Crippen LogP contribution in [0.1, 0.15) is 26.3 Å². The molecule has 0 aliphatic heterocycles. The van der Waals surface area contributed by atoms with Crippen LogP contribution in [0.25, 0.3) is 10.9 Å². The molecule has 5 nitrogen and oxygen atoms in total. The van der Waals surface area contributed by atoms with Gasteiger partial charge in [0.05, 0.1) is 11.1 Å². The molecule has 0 bridgehead atoms. The summed E-state index contributed by atoms with van der Waals surface area (Å²) in [5.74, 6) is -1.41. The Morgan fingerprint density at radius 1 is 0.962 bits per heavy atom. The standard InChI is InChI=1S/C18H14F3N3O2/c1-24-10-14(13-7-2-3-8-15(13)24)17(26)23-22-16(25)11-5-4-6-12(9-11)18(19,20)21/h2-10H,1H3,(H,22,25)(H,23,26). The number of nitrogens with zero attached hydrogens (tertiary/aromatic N) is 1. The van der Waals surface area contributed by atoms with E-state index in [4.69, 9.17) is 0 Å². The molecule has 2 N–H and O–H groups in total. The van der Waals surface area contributed by atoms with E-state index in [2.05, 4.69) is 10.9 Å². The average Bonchev–Trinajstić information content (AvgIpc) is 2.96. The number of benzene rings is 2. The maximum atomic E-state index is 12.7. The van der Waals surface area contributed by atoms with Crippen molar-refractivity contribution in [1.82, 2.24) is 15.4 Å². The minimum absolute atomic E-state index is 0.210. The maximum absolute atomic E-state index is 12.7. The van der Waals surface area contributed by atoms with Gasteiger partial charge in [-0.2, -0.15) is 13.2 Å². The highest BCUT2D eigenvalue weighted by Crippen LogP contribution is 2.29. The predicted octanol–water partition coefficient (Wildman–Crippen LogP) is 3.27. The first-order chi connectivity index (χ1) is 12.3. The van der Waals surface area contributed by atoms with E-state index >= 15 is 0 Å². The van der Waals surface area contributed by atoms with E-state index in [1.165, 1.54) is 6.07 Å². The highest BCUT2D eigenvalue weighted by Gasteiger charge is 2.30. The normalized spacial score (nSPS) is 11.4. The summed E-state index contributed by atoms with van der Waals surface area (Å²) in [7, 11) is 1.78. The van der Waals surface area contributed by atoms with Crippen LogP contribution in [0.15, 0.2) is 54.7 Å². The van der Waals surface area contributed by atoms with E-state index in [9.17, 15) is 22.8 Å². The summed E-state index contributed by atoms with van der Waals surface area (Å²) in [6, 6.07) is 11.2. The van der Waals surface area contributed by atoms with Gasteiger partial charge < -0.3 is 4.57 Å². The summed E-state index contributed by atoms with van der Waals surface area (Å²) in [5.41, 5.74) is 4.39. The van der Waals surface area contributed by atoms with E-state index in [1.54, 1.807) is 29.9 Å². The molecule has 0 aliphatic carbocycles. The minimum atomic E-state index is -4.55. The van der Waals surface area contributed by atoms with E-state index in [1.807, 2.05) is 12.1 Å². The molecule has 0 saturated heterocycles. The second kappa shape index (κ2) is 6.55. The zero-order chi connectivity index (χ0) is 18.9. The molecule has 3 rings (SSSR count). The third-order valence-corrected chi connectivity index (χ3v) is 3.88. The summed E-state index contributed by atoms with van der Waals surface area (Å²) in [6.45, 7) is 0. The van der Waals surface area contributed by atoms with Crippen LogP contribution in [-0.2, 0) is 13.2 Å². The van der Waals surface area contributed by atoms with Gasteiger partial charge in [0.1, 0.15) is 0 Å². The Balaban J connectivity index is 1.74. The van der Waals surface area contributed by atoms with Gasteiger partial charge in [-0.15, -0.1) is 0 Å². The van der Waals surface area contributed by atoms with Gasteiger partial charge in [-0.25, -0.2) is 0 Å². The Hall–Kier alpha value is -3.29. The number of hydrazine groups is 1. The van der Waals surface area contributed by atoms with Crippen LogP contribution in [0.3, 0.4) is 0 Å². The fourth-order valence-corrected chi connectivity index (χ4v) is 2.61. The van der Waals surface area contributed by atoms with Crippen LogP contribution < -0.4 is 10.9 Å². The van der Waals surface area contributed by atoms with Crippen molar-refractivity contribution >= 4 is 22.7 Å². The van der Waals surface area contributed by atoms with Crippen LogP contribution in [0, 0.1) is 0 Å². The van der Waals surface area contributed by atoms with E-state index in [-0.39, 0.29) is 5.56 Å². The second-order valence-corrected chi connectivity index (χ2v) is 5.66. The van der Waals surface area contributed by atoms with E-state index < -0.39 is 23.6 Å². The number of carbonyl (C=O) groups excluding carboxylic acids is 2. The first kappa shape index (κ1) is 17.5. The molecule has 26 heavy (non-hydrogen) atoms. The van der Waals surface area contributed by atoms with Crippen LogP contribution in [0.2, 0.25) is 0 Å². The lowest BCUT2D eigenvalue weighted by Crippen LogP contribution is -2.41. The Labute approximate surface area is 146 Å². The van der Waals surface area contributed by atoms with Crippen molar-refractivity contribution < 1.29 is 22.8 Å². The van der Waals surface area contributed by atoms with Crippen LogP contribution in [0.5, 0.6) is 0 Å². The number of alkyl halides is 3. The van der Waals surface area contributed by atoms with Crippen LogP contribution >= 0.6 is 0 Å². The van der Waals surface area contributed by atoms with Gasteiger partial charge in [0.25, 0.3) is 11.8 Å². The molecule has 1 heterocycles. The van der Waals surface area contributed by atoms with Gasteiger partial charge in [-0.3, -0.25) is 20.4 Å². The van der Waals surface area contributed by atoms with Gasteiger partial charge in [0.15, 0.2) is 0 Å². The number of aromatic nitrogens is 1. The van der Waals surface area contributed by atoms with Crippen molar-refractivity contribution in [3.63, 3.8) is 0 Å². The molecule has 0 atom stereocenters. The number of halogens is 3. The zero-order valence-corrected chi connectivity index (χ0v) is 13.6. The van der Waals surface area contributed by atoms with Crippen molar-refractivity contribution in [3.8, 4) is 0 Å². The SMILES string of the molecule is Cn1cc(C(=O)NNC(=O)c2cccc(C(F)(F)F)c2)c2ccccc21. The second-order valence-electron chi connectivity index (χ2n) is 5.66. The number of hydrogen-bond donors (Lipinski definition) is 2. The van der Waals surface area contributed by atoms with Crippen molar-refractivity contribution in [1.29, 1.82) is 0 Å². The van der Waals surface area contributed by atoms with Gasteiger partial charge in [0, 0.05) is 29.7 Å². The van der Waals surface area contributed by atoms with E-state index in [0.717, 1.165) is 23.7 Å². The number of aryl methyl sites for hydroxylation is 1. The van der Waals surface area contributed by atoms with Crippen molar-refractivity contribution in [3.05, 3.63) is 71.4 Å². The lowest BCUT2D eigenvalue weighted by atomic mass is 10.1. The molecular formula is C18H14F3N3O2. The fraction of sp³-hybridized carbons (Fsp3) is 0.111. The largest absolute Gasteiger partial charge is 0.416 e. The third kappa shape index (κ3) is 3.39. The van der Waals surface area contributed by atoms with Crippen molar-refractivity contribution in [2.45, 2.75) is 6.18 Å². The average molecular weight is 361 g/mol. The number of rotatable bonds is 2. The summed E-state index contributed by atoms with van der Waals surface area (Å²) in [4.78, 5) is 24.3. The van der Waals surface area contributed by atoms with E-state index in [0.29, 0.717) is 10.9 Å². The van der Waals surface area contributed by atoms with Gasteiger partial charge in [-0.1, -0.05) is 24.3 Å². The lowest BCUT2D eigenvalue weighted by molar-refractivity contribution is -0.137. The molecule has 3 aromatic rings. The Bertz CT molecular complexity index is 993. The molecule has 0 spiro atoms. The van der Waals surface area contributed by atoms with Crippen LogP contribution in [0.4, 0.5) is 13.2 Å². The molecule has 0 radical (unpaired) electrons. The predicted molar refractivity (Wildman–Crippen MR) is 89.3 cm³/mol. The van der Waals surface area contributed by atoms with Crippen LogP contribution in [-0.4, -0.2) is 16.4 Å². The molecule has 8 heteroatoms. The lowest BCUT2D eigenvalue weighted by Gasteiger charge is -2.10. The van der Waals surface area contributed by atoms with Crippen molar-refractivity contribution in [2.75, 3.05) is 0 Å².